The van der Waals surface area contributed by atoms with Crippen molar-refractivity contribution in [3.63, 3.8) is 0 Å². The molecule has 10 heteroatoms. The van der Waals surface area contributed by atoms with E-state index in [0.29, 0.717) is 22.6 Å². The fourth-order valence-corrected chi connectivity index (χ4v) is 5.19. The molecule has 1 aliphatic rings. The van der Waals surface area contributed by atoms with Gasteiger partial charge in [-0.3, -0.25) is 4.90 Å². The van der Waals surface area contributed by atoms with Crippen LogP contribution < -0.4 is 15.4 Å². The smallest absolute Gasteiger partial charge is 0.393 e. The molecule has 2 aromatic heterocycles. The van der Waals surface area contributed by atoms with Gasteiger partial charge in [-0.25, -0.2) is 9.97 Å². The number of benzene rings is 1. The summed E-state index contributed by atoms with van der Waals surface area (Å²) in [4.78, 5) is 11.7. The molecule has 34 heavy (non-hydrogen) atoms. The van der Waals surface area contributed by atoms with Gasteiger partial charge in [-0.05, 0) is 56.6 Å². The first-order chi connectivity index (χ1) is 16.4. The van der Waals surface area contributed by atoms with Crippen molar-refractivity contribution in [3.8, 4) is 5.75 Å². The van der Waals surface area contributed by atoms with E-state index in [0.717, 1.165) is 62.5 Å². The number of thiophene rings is 1. The number of anilines is 1. The molecule has 4 rings (SSSR count). The first kappa shape index (κ1) is 24.7. The van der Waals surface area contributed by atoms with Gasteiger partial charge in [0.25, 0.3) is 0 Å². The van der Waals surface area contributed by atoms with Crippen LogP contribution in [0.3, 0.4) is 0 Å². The van der Waals surface area contributed by atoms with Gasteiger partial charge in [-0.1, -0.05) is 12.1 Å². The minimum atomic E-state index is -4.23. The van der Waals surface area contributed by atoms with Crippen LogP contribution >= 0.6 is 11.3 Å². The van der Waals surface area contributed by atoms with E-state index in [4.69, 9.17) is 4.74 Å². The molecule has 184 valence electrons. The number of alkyl halides is 3. The minimum absolute atomic E-state index is 0.224. The van der Waals surface area contributed by atoms with Crippen molar-refractivity contribution in [1.82, 2.24) is 20.2 Å². The second-order valence-corrected chi connectivity index (χ2v) is 9.71. The Hall–Kier alpha value is -2.43. The molecule has 0 radical (unpaired) electrons. The van der Waals surface area contributed by atoms with Crippen LogP contribution in [0.25, 0.3) is 10.2 Å². The predicted octanol–water partition coefficient (Wildman–Crippen LogP) is 4.86. The number of rotatable bonds is 10. The molecule has 0 saturated carbocycles. The zero-order valence-electron chi connectivity index (χ0n) is 19.2. The highest BCUT2D eigenvalue weighted by Crippen LogP contribution is 2.33. The Balaban J connectivity index is 1.29. The van der Waals surface area contributed by atoms with E-state index < -0.39 is 12.6 Å². The van der Waals surface area contributed by atoms with Crippen molar-refractivity contribution in [1.29, 1.82) is 0 Å². The number of hydrogen-bond acceptors (Lipinski definition) is 7. The largest absolute Gasteiger partial charge is 0.494 e. The average molecular weight is 494 g/mol. The maximum Gasteiger partial charge on any atom is 0.393 e. The van der Waals surface area contributed by atoms with Crippen LogP contribution in [0.4, 0.5) is 19.0 Å². The van der Waals surface area contributed by atoms with Crippen LogP contribution in [-0.4, -0.2) is 60.4 Å². The van der Waals surface area contributed by atoms with Crippen LogP contribution in [0.2, 0.25) is 0 Å². The Kier molecular flexibility index (Phi) is 8.23. The van der Waals surface area contributed by atoms with E-state index >= 15 is 0 Å². The molecular formula is C24H30F3N5OS. The summed E-state index contributed by atoms with van der Waals surface area (Å²) in [6.45, 7) is 4.36. The van der Waals surface area contributed by atoms with Crippen LogP contribution in [0.1, 0.15) is 29.7 Å². The van der Waals surface area contributed by atoms with E-state index in [1.54, 1.807) is 6.07 Å². The van der Waals surface area contributed by atoms with E-state index in [-0.39, 0.29) is 10.9 Å². The average Bonchev–Trinajstić information content (AvgIpc) is 3.20. The summed E-state index contributed by atoms with van der Waals surface area (Å²) >= 11 is 1.08. The molecule has 0 amide bonds. The number of ether oxygens (including phenoxy) is 1. The number of halogens is 3. The lowest BCUT2D eigenvalue weighted by Gasteiger charge is -2.32. The van der Waals surface area contributed by atoms with E-state index in [1.807, 2.05) is 19.2 Å². The van der Waals surface area contributed by atoms with Crippen molar-refractivity contribution >= 4 is 27.4 Å². The van der Waals surface area contributed by atoms with Crippen molar-refractivity contribution in [2.24, 2.45) is 0 Å². The molecule has 3 heterocycles. The van der Waals surface area contributed by atoms with Gasteiger partial charge in [0.15, 0.2) is 0 Å². The molecule has 1 aromatic carbocycles. The highest BCUT2D eigenvalue weighted by atomic mass is 32.1. The Morgan fingerprint density at radius 3 is 2.76 bits per heavy atom. The first-order valence-corrected chi connectivity index (χ1v) is 12.4. The third kappa shape index (κ3) is 7.04. The van der Waals surface area contributed by atoms with E-state index in [1.165, 1.54) is 11.9 Å². The maximum atomic E-state index is 12.8. The Morgan fingerprint density at radius 1 is 1.18 bits per heavy atom. The topological polar surface area (TPSA) is 62.3 Å². The molecular weight excluding hydrogens is 463 g/mol. The second-order valence-electron chi connectivity index (χ2n) is 8.59. The Morgan fingerprint density at radius 2 is 2.00 bits per heavy atom. The Bertz CT molecular complexity index is 1070. The summed E-state index contributed by atoms with van der Waals surface area (Å²) in [7, 11) is 1.93. The summed E-state index contributed by atoms with van der Waals surface area (Å²) in [5.41, 5.74) is 1.23. The van der Waals surface area contributed by atoms with E-state index in [9.17, 15) is 13.2 Å². The predicted molar refractivity (Wildman–Crippen MR) is 130 cm³/mol. The second kappa shape index (κ2) is 11.3. The zero-order valence-corrected chi connectivity index (χ0v) is 20.0. The number of piperidine rings is 1. The Labute approximate surface area is 201 Å². The molecule has 0 unspecified atom stereocenters. The van der Waals surface area contributed by atoms with Crippen LogP contribution in [0, 0.1) is 0 Å². The van der Waals surface area contributed by atoms with Crippen LogP contribution in [0.15, 0.2) is 36.7 Å². The zero-order chi connectivity index (χ0) is 24.0. The summed E-state index contributed by atoms with van der Waals surface area (Å²) in [6.07, 6.45) is -0.909. The van der Waals surface area contributed by atoms with Gasteiger partial charge in [0, 0.05) is 30.6 Å². The number of nitrogens with zero attached hydrogens (tertiary/aromatic N) is 3. The van der Waals surface area contributed by atoms with Gasteiger partial charge >= 0.3 is 6.18 Å². The number of nitrogens with one attached hydrogen (secondary N) is 2. The van der Waals surface area contributed by atoms with E-state index in [2.05, 4.69) is 37.6 Å². The standard InChI is InChI=1S/C24H30F3N5OS/c1-28-8-3-11-33-19-5-2-4-17(12-19)15-32-9-6-18(7-10-32)31-22-21-13-20(14-24(25,26)27)34-23(21)30-16-29-22/h2,4-5,12-13,16,18,28H,3,6-11,14-15H2,1H3,(H,29,30,31). The van der Waals surface area contributed by atoms with Crippen molar-refractivity contribution in [2.45, 2.75) is 44.4 Å². The van der Waals surface area contributed by atoms with Gasteiger partial charge in [0.2, 0.25) is 0 Å². The quantitative estimate of drug-likeness (QED) is 0.394. The summed E-state index contributed by atoms with van der Waals surface area (Å²) in [5.74, 6) is 1.52. The molecule has 1 saturated heterocycles. The lowest BCUT2D eigenvalue weighted by Crippen LogP contribution is -2.38. The summed E-state index contributed by atoms with van der Waals surface area (Å²) in [5, 5.41) is 7.23. The van der Waals surface area contributed by atoms with Crippen molar-refractivity contribution in [3.05, 3.63) is 47.1 Å². The number of fused-ring (bicyclic) bond motifs is 1. The fourth-order valence-electron chi connectivity index (χ4n) is 4.16. The van der Waals surface area contributed by atoms with Gasteiger partial charge in [0.1, 0.15) is 22.7 Å². The van der Waals surface area contributed by atoms with Gasteiger partial charge in [-0.15, -0.1) is 11.3 Å². The minimum Gasteiger partial charge on any atom is -0.494 e. The first-order valence-electron chi connectivity index (χ1n) is 11.5. The van der Waals surface area contributed by atoms with Crippen molar-refractivity contribution in [2.75, 3.05) is 38.6 Å². The van der Waals surface area contributed by atoms with Crippen molar-refractivity contribution < 1.29 is 17.9 Å². The molecule has 0 bridgehead atoms. The van der Waals surface area contributed by atoms with Gasteiger partial charge in [0.05, 0.1) is 18.4 Å². The third-order valence-corrected chi connectivity index (χ3v) is 6.87. The maximum absolute atomic E-state index is 12.8. The molecule has 0 spiro atoms. The van der Waals surface area contributed by atoms with Gasteiger partial charge in [-0.2, -0.15) is 13.2 Å². The van der Waals surface area contributed by atoms with Crippen LogP contribution in [-0.2, 0) is 13.0 Å². The summed E-state index contributed by atoms with van der Waals surface area (Å²) < 4.78 is 44.2. The number of likely N-dealkylation sites (tertiary alicyclic amines) is 1. The van der Waals surface area contributed by atoms with Gasteiger partial charge < -0.3 is 15.4 Å². The lowest BCUT2D eigenvalue weighted by molar-refractivity contribution is -0.126. The highest BCUT2D eigenvalue weighted by molar-refractivity contribution is 7.18. The SMILES string of the molecule is CNCCCOc1cccc(CN2CCC(Nc3ncnc4sc(CC(F)(F)F)cc34)CC2)c1. The molecule has 2 N–H and O–H groups in total. The molecule has 1 fully saturated rings. The third-order valence-electron chi connectivity index (χ3n) is 5.83. The monoisotopic (exact) mass is 493 g/mol. The molecule has 6 nitrogen and oxygen atoms in total. The number of aromatic nitrogens is 2. The molecule has 0 aliphatic carbocycles. The number of hydrogen-bond donors (Lipinski definition) is 2. The summed E-state index contributed by atoms with van der Waals surface area (Å²) in [6, 6.07) is 10.0. The normalized spacial score (nSPS) is 15.6. The molecule has 0 atom stereocenters. The van der Waals surface area contributed by atoms with Crippen LogP contribution in [0.5, 0.6) is 5.75 Å². The fraction of sp³-hybridized carbons (Fsp3) is 0.500. The molecule has 3 aromatic rings. The highest BCUT2D eigenvalue weighted by Gasteiger charge is 2.29. The lowest BCUT2D eigenvalue weighted by atomic mass is 10.0. The molecule has 1 aliphatic heterocycles.